The third-order valence-corrected chi connectivity index (χ3v) is 3.92. The van der Waals surface area contributed by atoms with Gasteiger partial charge in [-0.15, -0.1) is 0 Å². The molecular weight excluding hydrogens is 268 g/mol. The number of hydrogen-bond donors (Lipinski definition) is 1. The summed E-state index contributed by atoms with van der Waals surface area (Å²) in [4.78, 5) is 13.9. The third kappa shape index (κ3) is 5.88. The Balaban J connectivity index is 2.47. The summed E-state index contributed by atoms with van der Waals surface area (Å²) in [6.45, 7) is 5.85. The molecule has 0 aliphatic carbocycles. The topological polar surface area (TPSA) is 75.7 Å². The number of sulfonamides is 1. The van der Waals surface area contributed by atoms with Crippen molar-refractivity contribution in [1.29, 1.82) is 0 Å². The normalized spacial score (nSPS) is 22.3. The van der Waals surface area contributed by atoms with E-state index >= 15 is 0 Å². The standard InChI is InChI=1S/C12H24N2O4S/c1-4-18-10(2)12(15)14-7-5-6-11(9-14)8-13-19(3,16)17/h10-11,13H,4-9H2,1-3H3/t10-,11-/m1/s1. The van der Waals surface area contributed by atoms with Gasteiger partial charge in [-0.1, -0.05) is 0 Å². The van der Waals surface area contributed by atoms with Gasteiger partial charge in [0.05, 0.1) is 6.26 Å². The second-order valence-electron chi connectivity index (χ2n) is 5.01. The highest BCUT2D eigenvalue weighted by Gasteiger charge is 2.27. The van der Waals surface area contributed by atoms with E-state index in [4.69, 9.17) is 4.74 Å². The van der Waals surface area contributed by atoms with Crippen LogP contribution in [-0.4, -0.2) is 57.8 Å². The Hall–Kier alpha value is -0.660. The van der Waals surface area contributed by atoms with Crippen molar-refractivity contribution in [3.05, 3.63) is 0 Å². The Bertz CT molecular complexity index is 397. The molecule has 1 amide bonds. The van der Waals surface area contributed by atoms with Gasteiger partial charge in [-0.2, -0.15) is 0 Å². The maximum Gasteiger partial charge on any atom is 0.251 e. The highest BCUT2D eigenvalue weighted by Crippen LogP contribution is 2.17. The second kappa shape index (κ2) is 7.21. The van der Waals surface area contributed by atoms with E-state index in [1.54, 1.807) is 11.8 Å². The summed E-state index contributed by atoms with van der Waals surface area (Å²) in [5.41, 5.74) is 0. The van der Waals surface area contributed by atoms with Gasteiger partial charge in [0, 0.05) is 26.2 Å². The first-order chi connectivity index (χ1) is 8.83. The predicted octanol–water partition coefficient (Wildman–Crippen LogP) is 0.199. The Morgan fingerprint density at radius 1 is 1.53 bits per heavy atom. The van der Waals surface area contributed by atoms with Crippen molar-refractivity contribution in [3.63, 3.8) is 0 Å². The maximum absolute atomic E-state index is 12.1. The molecule has 1 aliphatic rings. The zero-order valence-electron chi connectivity index (χ0n) is 11.9. The number of rotatable bonds is 6. The number of piperidine rings is 1. The monoisotopic (exact) mass is 292 g/mol. The van der Waals surface area contributed by atoms with Crippen LogP contribution < -0.4 is 4.72 Å². The third-order valence-electron chi connectivity index (χ3n) is 3.23. The number of nitrogens with zero attached hydrogens (tertiary/aromatic N) is 1. The number of likely N-dealkylation sites (tertiary alicyclic amines) is 1. The van der Waals surface area contributed by atoms with Gasteiger partial charge in [0.15, 0.2) is 0 Å². The smallest absolute Gasteiger partial charge is 0.251 e. The first-order valence-corrected chi connectivity index (χ1v) is 8.57. The van der Waals surface area contributed by atoms with Crippen molar-refractivity contribution in [2.24, 2.45) is 5.92 Å². The van der Waals surface area contributed by atoms with Crippen LogP contribution in [0.25, 0.3) is 0 Å². The fourth-order valence-electron chi connectivity index (χ4n) is 2.28. The Kier molecular flexibility index (Phi) is 6.22. The molecule has 7 heteroatoms. The van der Waals surface area contributed by atoms with Crippen LogP contribution in [0.3, 0.4) is 0 Å². The van der Waals surface area contributed by atoms with Crippen molar-refractivity contribution >= 4 is 15.9 Å². The molecule has 0 bridgehead atoms. The number of ether oxygens (including phenoxy) is 1. The van der Waals surface area contributed by atoms with E-state index in [2.05, 4.69) is 4.72 Å². The van der Waals surface area contributed by atoms with Gasteiger partial charge >= 0.3 is 0 Å². The molecule has 112 valence electrons. The molecule has 1 fully saturated rings. The van der Waals surface area contributed by atoms with E-state index in [0.717, 1.165) is 25.6 Å². The predicted molar refractivity (Wildman–Crippen MR) is 73.2 cm³/mol. The van der Waals surface area contributed by atoms with Crippen LogP contribution in [-0.2, 0) is 19.6 Å². The van der Waals surface area contributed by atoms with Crippen LogP contribution in [0.5, 0.6) is 0 Å². The summed E-state index contributed by atoms with van der Waals surface area (Å²) in [5.74, 6) is 0.173. The summed E-state index contributed by atoms with van der Waals surface area (Å²) in [7, 11) is -3.16. The van der Waals surface area contributed by atoms with E-state index in [-0.39, 0.29) is 11.8 Å². The minimum Gasteiger partial charge on any atom is -0.369 e. The minimum absolute atomic E-state index is 0.00842. The van der Waals surface area contributed by atoms with Gasteiger partial charge in [0.25, 0.3) is 5.91 Å². The van der Waals surface area contributed by atoms with Crippen molar-refractivity contribution in [1.82, 2.24) is 9.62 Å². The van der Waals surface area contributed by atoms with Crippen LogP contribution in [0.15, 0.2) is 0 Å². The molecule has 1 N–H and O–H groups in total. The zero-order chi connectivity index (χ0) is 14.5. The van der Waals surface area contributed by atoms with Crippen LogP contribution >= 0.6 is 0 Å². The number of nitrogens with one attached hydrogen (secondary N) is 1. The van der Waals surface area contributed by atoms with Gasteiger partial charge in [0.2, 0.25) is 10.0 Å². The second-order valence-corrected chi connectivity index (χ2v) is 6.84. The summed E-state index contributed by atoms with van der Waals surface area (Å²) >= 11 is 0. The van der Waals surface area contributed by atoms with Crippen LogP contribution in [0.1, 0.15) is 26.7 Å². The highest BCUT2D eigenvalue weighted by atomic mass is 32.2. The number of carbonyl (C=O) groups is 1. The fraction of sp³-hybridized carbons (Fsp3) is 0.917. The maximum atomic E-state index is 12.1. The first kappa shape index (κ1) is 16.4. The summed E-state index contributed by atoms with van der Waals surface area (Å²) < 4.78 is 30.0. The van der Waals surface area contributed by atoms with Crippen LogP contribution in [0, 0.1) is 5.92 Å². The molecule has 1 rings (SSSR count). The summed E-state index contributed by atoms with van der Waals surface area (Å²) in [6.07, 6.45) is 2.57. The van der Waals surface area contributed by atoms with Crippen molar-refractivity contribution < 1.29 is 17.9 Å². The van der Waals surface area contributed by atoms with Gasteiger partial charge in [-0.25, -0.2) is 13.1 Å². The van der Waals surface area contributed by atoms with Crippen LogP contribution in [0.4, 0.5) is 0 Å². The lowest BCUT2D eigenvalue weighted by atomic mass is 9.98. The summed E-state index contributed by atoms with van der Waals surface area (Å²) in [6, 6.07) is 0. The molecule has 0 saturated carbocycles. The SMILES string of the molecule is CCO[C@H](C)C(=O)N1CCC[C@H](CNS(C)(=O)=O)C1. The Labute approximate surface area is 115 Å². The van der Waals surface area contributed by atoms with Gasteiger partial charge < -0.3 is 9.64 Å². The molecule has 0 spiro atoms. The largest absolute Gasteiger partial charge is 0.369 e. The number of amides is 1. The lowest BCUT2D eigenvalue weighted by molar-refractivity contribution is -0.144. The van der Waals surface area contributed by atoms with Gasteiger partial charge in [0.1, 0.15) is 6.10 Å². The minimum atomic E-state index is -3.16. The molecule has 0 aromatic heterocycles. The molecule has 0 radical (unpaired) electrons. The van der Waals surface area contributed by atoms with Gasteiger partial charge in [-0.3, -0.25) is 4.79 Å². The average Bonchev–Trinajstić information content (AvgIpc) is 2.35. The zero-order valence-corrected chi connectivity index (χ0v) is 12.7. The van der Waals surface area contributed by atoms with E-state index < -0.39 is 16.1 Å². The van der Waals surface area contributed by atoms with Crippen LogP contribution in [0.2, 0.25) is 0 Å². The van der Waals surface area contributed by atoms with E-state index in [9.17, 15) is 13.2 Å². The molecule has 1 aliphatic heterocycles. The molecule has 6 nitrogen and oxygen atoms in total. The molecular formula is C12H24N2O4S. The highest BCUT2D eigenvalue weighted by molar-refractivity contribution is 7.88. The molecule has 2 atom stereocenters. The van der Waals surface area contributed by atoms with Crippen molar-refractivity contribution in [2.45, 2.75) is 32.8 Å². The molecule has 0 aromatic carbocycles. The molecule has 1 saturated heterocycles. The van der Waals surface area contributed by atoms with E-state index in [1.807, 2.05) is 6.92 Å². The number of carbonyl (C=O) groups excluding carboxylic acids is 1. The molecule has 0 unspecified atom stereocenters. The van der Waals surface area contributed by atoms with Gasteiger partial charge in [-0.05, 0) is 32.6 Å². The summed E-state index contributed by atoms with van der Waals surface area (Å²) in [5, 5.41) is 0. The molecule has 19 heavy (non-hydrogen) atoms. The van der Waals surface area contributed by atoms with Crippen molar-refractivity contribution in [3.8, 4) is 0 Å². The lowest BCUT2D eigenvalue weighted by Gasteiger charge is -2.34. The molecule has 0 aromatic rings. The van der Waals surface area contributed by atoms with E-state index in [1.165, 1.54) is 0 Å². The molecule has 1 heterocycles. The first-order valence-electron chi connectivity index (χ1n) is 6.68. The number of hydrogen-bond acceptors (Lipinski definition) is 4. The van der Waals surface area contributed by atoms with Crippen molar-refractivity contribution in [2.75, 3.05) is 32.5 Å². The van der Waals surface area contributed by atoms with E-state index in [0.29, 0.717) is 19.7 Å². The Morgan fingerprint density at radius 2 is 2.21 bits per heavy atom. The lowest BCUT2D eigenvalue weighted by Crippen LogP contribution is -2.47. The quantitative estimate of drug-likeness (QED) is 0.759. The fourth-order valence-corrected chi connectivity index (χ4v) is 2.82. The average molecular weight is 292 g/mol. The Morgan fingerprint density at radius 3 is 2.79 bits per heavy atom.